The SMILES string of the molecule is CCOC(=O)c1sc(N2C(=O)C(=O)C(=C(O)c3ccc(OCc4ccccc4)cc3C)[C@H]2c2ccc(O)c(OCC)c2)nc1C. The molecular weight excluding hydrogens is 596 g/mol. The predicted octanol–water partition coefficient (Wildman–Crippen LogP) is 6.25. The zero-order valence-corrected chi connectivity index (χ0v) is 26.0. The number of ether oxygens (including phenoxy) is 3. The minimum absolute atomic E-state index is 0.0779. The number of phenols is 1. The smallest absolute Gasteiger partial charge is 0.350 e. The normalized spacial score (nSPS) is 15.7. The highest BCUT2D eigenvalue weighted by Crippen LogP contribution is 2.46. The summed E-state index contributed by atoms with van der Waals surface area (Å²) in [4.78, 5) is 45.7. The van der Waals surface area contributed by atoms with Crippen LogP contribution in [0.3, 0.4) is 0 Å². The molecule has 1 atom stereocenters. The Labute approximate surface area is 264 Å². The van der Waals surface area contributed by atoms with E-state index in [0.717, 1.165) is 21.8 Å². The first-order valence-corrected chi connectivity index (χ1v) is 15.1. The highest BCUT2D eigenvalue weighted by molar-refractivity contribution is 7.17. The lowest BCUT2D eigenvalue weighted by Crippen LogP contribution is -2.29. The maximum Gasteiger partial charge on any atom is 0.350 e. The molecule has 3 aromatic carbocycles. The van der Waals surface area contributed by atoms with E-state index in [4.69, 9.17) is 14.2 Å². The molecule has 0 aliphatic carbocycles. The second-order valence-electron chi connectivity index (χ2n) is 10.2. The molecule has 1 amide bonds. The third kappa shape index (κ3) is 6.25. The molecule has 0 spiro atoms. The first-order valence-electron chi connectivity index (χ1n) is 14.3. The Morgan fingerprint density at radius 1 is 0.978 bits per heavy atom. The van der Waals surface area contributed by atoms with Gasteiger partial charge in [-0.3, -0.25) is 14.5 Å². The average molecular weight is 629 g/mol. The molecule has 0 unspecified atom stereocenters. The van der Waals surface area contributed by atoms with Gasteiger partial charge in [-0.05, 0) is 74.7 Å². The molecule has 232 valence electrons. The van der Waals surface area contributed by atoms with Gasteiger partial charge in [0.05, 0.1) is 30.5 Å². The molecule has 1 saturated heterocycles. The molecule has 2 heterocycles. The Balaban J connectivity index is 1.61. The Morgan fingerprint density at radius 2 is 1.73 bits per heavy atom. The number of thiazole rings is 1. The van der Waals surface area contributed by atoms with Crippen LogP contribution >= 0.6 is 11.3 Å². The van der Waals surface area contributed by atoms with Crippen molar-refractivity contribution in [3.05, 3.63) is 105 Å². The Morgan fingerprint density at radius 3 is 2.42 bits per heavy atom. The van der Waals surface area contributed by atoms with Crippen LogP contribution < -0.4 is 14.4 Å². The summed E-state index contributed by atoms with van der Waals surface area (Å²) >= 11 is 0.911. The summed E-state index contributed by atoms with van der Waals surface area (Å²) in [5.74, 6) is -2.28. The molecule has 45 heavy (non-hydrogen) atoms. The van der Waals surface area contributed by atoms with Crippen LogP contribution in [-0.2, 0) is 20.9 Å². The monoisotopic (exact) mass is 628 g/mol. The van der Waals surface area contributed by atoms with E-state index in [0.29, 0.717) is 34.7 Å². The summed E-state index contributed by atoms with van der Waals surface area (Å²) in [6.07, 6.45) is 0. The average Bonchev–Trinajstić information content (AvgIpc) is 3.53. The maximum atomic E-state index is 13.7. The van der Waals surface area contributed by atoms with Crippen molar-refractivity contribution in [2.45, 2.75) is 40.3 Å². The molecule has 11 heteroatoms. The number of aliphatic hydroxyl groups is 1. The van der Waals surface area contributed by atoms with Gasteiger partial charge in [-0.2, -0.15) is 0 Å². The Kier molecular flexibility index (Phi) is 9.19. The largest absolute Gasteiger partial charge is 0.507 e. The number of esters is 1. The highest BCUT2D eigenvalue weighted by atomic mass is 32.1. The van der Waals surface area contributed by atoms with Crippen LogP contribution in [0.25, 0.3) is 5.76 Å². The van der Waals surface area contributed by atoms with Gasteiger partial charge in [-0.15, -0.1) is 0 Å². The van der Waals surface area contributed by atoms with Gasteiger partial charge in [0.25, 0.3) is 5.78 Å². The number of carbonyl (C=O) groups excluding carboxylic acids is 3. The molecule has 1 aliphatic rings. The van der Waals surface area contributed by atoms with Gasteiger partial charge in [0, 0.05) is 5.56 Å². The van der Waals surface area contributed by atoms with Crippen molar-refractivity contribution in [1.29, 1.82) is 0 Å². The zero-order valence-electron chi connectivity index (χ0n) is 25.2. The van der Waals surface area contributed by atoms with Crippen molar-refractivity contribution >= 4 is 39.9 Å². The van der Waals surface area contributed by atoms with Gasteiger partial charge in [0.15, 0.2) is 16.6 Å². The number of hydrogen-bond acceptors (Lipinski definition) is 10. The van der Waals surface area contributed by atoms with Crippen LogP contribution in [0.4, 0.5) is 5.13 Å². The molecule has 5 rings (SSSR count). The van der Waals surface area contributed by atoms with E-state index < -0.39 is 29.5 Å². The van der Waals surface area contributed by atoms with E-state index in [9.17, 15) is 24.6 Å². The second kappa shape index (κ2) is 13.2. The molecule has 10 nitrogen and oxygen atoms in total. The van der Waals surface area contributed by atoms with Gasteiger partial charge in [0.1, 0.15) is 23.0 Å². The number of rotatable bonds is 10. The second-order valence-corrected chi connectivity index (χ2v) is 11.2. The lowest BCUT2D eigenvalue weighted by molar-refractivity contribution is -0.132. The Bertz CT molecular complexity index is 1800. The number of aryl methyl sites for hydroxylation is 2. The van der Waals surface area contributed by atoms with E-state index in [1.807, 2.05) is 30.3 Å². The number of ketones is 1. The van der Waals surface area contributed by atoms with Crippen molar-refractivity contribution in [2.24, 2.45) is 0 Å². The van der Waals surface area contributed by atoms with Crippen molar-refractivity contribution in [2.75, 3.05) is 18.1 Å². The molecule has 0 saturated carbocycles. The maximum absolute atomic E-state index is 13.7. The number of amides is 1. The number of benzene rings is 3. The number of aromatic nitrogens is 1. The van der Waals surface area contributed by atoms with E-state index >= 15 is 0 Å². The first-order chi connectivity index (χ1) is 21.6. The van der Waals surface area contributed by atoms with Crippen molar-refractivity contribution in [3.8, 4) is 17.2 Å². The standard InChI is InChI=1S/C34H32N2O8S/c1-5-42-26-17-22(12-15-25(26)37)28-27(30(39)32(40)36(28)34-35-20(4)31(45-34)33(41)43-6-2)29(38)24-14-13-23(16-19(24)3)44-18-21-10-8-7-9-11-21/h7-17,28,37-38H,5-6,18H2,1-4H3/t28-/m1/s1. The number of nitrogens with zero attached hydrogens (tertiary/aromatic N) is 2. The summed E-state index contributed by atoms with van der Waals surface area (Å²) in [5.41, 5.74) is 2.46. The topological polar surface area (TPSA) is 135 Å². The molecule has 0 radical (unpaired) electrons. The summed E-state index contributed by atoms with van der Waals surface area (Å²) in [5, 5.41) is 22.1. The van der Waals surface area contributed by atoms with Crippen LogP contribution in [0.2, 0.25) is 0 Å². The van der Waals surface area contributed by atoms with Crippen molar-refractivity contribution < 1.29 is 38.8 Å². The molecule has 4 aromatic rings. The molecule has 0 bridgehead atoms. The fourth-order valence-electron chi connectivity index (χ4n) is 5.07. The number of phenolic OH excluding ortho intramolecular Hbond substituents is 1. The van der Waals surface area contributed by atoms with Crippen LogP contribution in [0.15, 0.2) is 72.3 Å². The molecule has 2 N–H and O–H groups in total. The van der Waals surface area contributed by atoms with E-state index in [2.05, 4.69) is 4.98 Å². The summed E-state index contributed by atoms with van der Waals surface area (Å²) in [6.45, 7) is 7.56. The Hall–Kier alpha value is -5.16. The van der Waals surface area contributed by atoms with E-state index in [1.165, 1.54) is 18.2 Å². The molecule has 1 fully saturated rings. The summed E-state index contributed by atoms with van der Waals surface area (Å²) in [6, 6.07) is 18.0. The number of aromatic hydroxyl groups is 1. The number of Topliss-reactive ketones (excluding diaryl/α,β-unsaturated/α-hetero) is 1. The third-order valence-corrected chi connectivity index (χ3v) is 8.33. The minimum Gasteiger partial charge on any atom is -0.507 e. The zero-order chi connectivity index (χ0) is 32.2. The summed E-state index contributed by atoms with van der Waals surface area (Å²) in [7, 11) is 0. The van der Waals surface area contributed by atoms with Gasteiger partial charge in [-0.1, -0.05) is 47.7 Å². The van der Waals surface area contributed by atoms with Gasteiger partial charge in [-0.25, -0.2) is 9.78 Å². The molecular formula is C34H32N2O8S. The summed E-state index contributed by atoms with van der Waals surface area (Å²) < 4.78 is 16.6. The lowest BCUT2D eigenvalue weighted by Gasteiger charge is -2.24. The fraction of sp³-hybridized carbons (Fsp3) is 0.235. The van der Waals surface area contributed by atoms with Crippen molar-refractivity contribution in [1.82, 2.24) is 4.98 Å². The van der Waals surface area contributed by atoms with Gasteiger partial charge >= 0.3 is 11.9 Å². The highest BCUT2D eigenvalue weighted by Gasteiger charge is 2.48. The van der Waals surface area contributed by atoms with Crippen molar-refractivity contribution in [3.63, 3.8) is 0 Å². The van der Waals surface area contributed by atoms with Crippen LogP contribution in [0, 0.1) is 13.8 Å². The van der Waals surface area contributed by atoms with Gasteiger partial charge in [0.2, 0.25) is 0 Å². The number of aliphatic hydroxyl groups excluding tert-OH is 1. The van der Waals surface area contributed by atoms with Crippen LogP contribution in [-0.4, -0.2) is 46.1 Å². The third-order valence-electron chi connectivity index (χ3n) is 7.20. The predicted molar refractivity (Wildman–Crippen MR) is 169 cm³/mol. The molecule has 1 aromatic heterocycles. The van der Waals surface area contributed by atoms with Crippen LogP contribution in [0.5, 0.6) is 17.2 Å². The fourth-order valence-corrected chi connectivity index (χ4v) is 6.05. The minimum atomic E-state index is -1.15. The van der Waals surface area contributed by atoms with E-state index in [1.54, 1.807) is 45.9 Å². The first kappa shape index (κ1) is 31.3. The number of hydrogen-bond donors (Lipinski definition) is 2. The van der Waals surface area contributed by atoms with E-state index in [-0.39, 0.29) is 40.3 Å². The molecule has 1 aliphatic heterocycles. The lowest BCUT2D eigenvalue weighted by atomic mass is 9.93. The van der Waals surface area contributed by atoms with Crippen LogP contribution in [0.1, 0.15) is 57.5 Å². The number of anilines is 1. The quantitative estimate of drug-likeness (QED) is 0.0905. The van der Waals surface area contributed by atoms with Gasteiger partial charge < -0.3 is 24.4 Å². The number of carbonyl (C=O) groups is 3.